The Morgan fingerprint density at radius 3 is 1.97 bits per heavy atom. The van der Waals surface area contributed by atoms with Crippen LogP contribution in [0.15, 0.2) is 66.0 Å². The Morgan fingerprint density at radius 2 is 1.48 bits per heavy atom. The fraction of sp³-hybridized carbons (Fsp3) is 0.250. The van der Waals surface area contributed by atoms with Gasteiger partial charge < -0.3 is 20.1 Å². The number of benzene rings is 2. The lowest BCUT2D eigenvalue weighted by molar-refractivity contribution is -0.121. The van der Waals surface area contributed by atoms with E-state index in [1.54, 1.807) is 20.3 Å². The van der Waals surface area contributed by atoms with Gasteiger partial charge in [-0.05, 0) is 53.3 Å². The molecule has 6 nitrogen and oxygen atoms in total. The Balaban J connectivity index is 1.61. The van der Waals surface area contributed by atoms with Crippen LogP contribution in [0.5, 0.6) is 11.5 Å². The first-order valence-electron chi connectivity index (χ1n) is 9.99. The molecule has 3 aromatic rings. The van der Waals surface area contributed by atoms with Crippen LogP contribution in [0.4, 0.5) is 0 Å². The second-order valence-corrected chi connectivity index (χ2v) is 7.83. The molecule has 0 unspecified atom stereocenters. The third-order valence-corrected chi connectivity index (χ3v) is 5.68. The van der Waals surface area contributed by atoms with Gasteiger partial charge in [0.15, 0.2) is 0 Å². The minimum atomic E-state index is -0.301. The van der Waals surface area contributed by atoms with Gasteiger partial charge in [-0.25, -0.2) is 0 Å². The van der Waals surface area contributed by atoms with Crippen molar-refractivity contribution < 1.29 is 19.1 Å². The Morgan fingerprint density at radius 1 is 0.903 bits per heavy atom. The van der Waals surface area contributed by atoms with Gasteiger partial charge in [0.25, 0.3) is 5.91 Å². The van der Waals surface area contributed by atoms with E-state index in [1.165, 1.54) is 11.3 Å². The topological polar surface area (TPSA) is 76.7 Å². The third-order valence-electron chi connectivity index (χ3n) is 4.81. The highest BCUT2D eigenvalue weighted by molar-refractivity contribution is 7.12. The number of methoxy groups -OCH3 is 2. The molecule has 0 saturated heterocycles. The molecule has 1 heterocycles. The summed E-state index contributed by atoms with van der Waals surface area (Å²) in [6.45, 7) is 0.444. The van der Waals surface area contributed by atoms with E-state index in [-0.39, 0.29) is 17.9 Å². The highest BCUT2D eigenvalue weighted by Crippen LogP contribution is 2.26. The number of rotatable bonds is 10. The predicted octanol–water partition coefficient (Wildman–Crippen LogP) is 4.18. The van der Waals surface area contributed by atoms with E-state index in [4.69, 9.17) is 9.47 Å². The fourth-order valence-corrected chi connectivity index (χ4v) is 3.77. The summed E-state index contributed by atoms with van der Waals surface area (Å²) >= 11 is 1.39. The normalized spacial score (nSPS) is 10.5. The summed E-state index contributed by atoms with van der Waals surface area (Å²) in [7, 11) is 3.24. The van der Waals surface area contributed by atoms with Gasteiger partial charge in [0, 0.05) is 13.0 Å². The molecule has 7 heteroatoms. The van der Waals surface area contributed by atoms with Crippen LogP contribution in [0.3, 0.4) is 0 Å². The molecule has 0 fully saturated rings. The van der Waals surface area contributed by atoms with Crippen LogP contribution in [0.2, 0.25) is 0 Å². The number of nitrogens with one attached hydrogen (secondary N) is 2. The van der Waals surface area contributed by atoms with E-state index in [2.05, 4.69) is 10.6 Å². The molecule has 0 atom stereocenters. The molecule has 0 bridgehead atoms. The lowest BCUT2D eigenvalue weighted by atomic mass is 9.98. The van der Waals surface area contributed by atoms with Crippen molar-refractivity contribution in [2.24, 2.45) is 0 Å². The van der Waals surface area contributed by atoms with Crippen LogP contribution in [-0.2, 0) is 4.79 Å². The number of carbonyl (C=O) groups excluding carboxylic acids is 2. The number of thiophene rings is 1. The number of ether oxygens (including phenoxy) is 2. The van der Waals surface area contributed by atoms with E-state index < -0.39 is 0 Å². The van der Waals surface area contributed by atoms with E-state index in [9.17, 15) is 9.59 Å². The van der Waals surface area contributed by atoms with Crippen molar-refractivity contribution >= 4 is 23.2 Å². The maximum Gasteiger partial charge on any atom is 0.261 e. The van der Waals surface area contributed by atoms with E-state index in [0.717, 1.165) is 22.6 Å². The van der Waals surface area contributed by atoms with Gasteiger partial charge in [-0.3, -0.25) is 9.59 Å². The van der Waals surface area contributed by atoms with Crippen LogP contribution in [-0.4, -0.2) is 32.6 Å². The van der Waals surface area contributed by atoms with Crippen molar-refractivity contribution in [3.8, 4) is 11.5 Å². The predicted molar refractivity (Wildman–Crippen MR) is 122 cm³/mol. The Hall–Kier alpha value is -3.32. The van der Waals surface area contributed by atoms with Crippen LogP contribution in [0, 0.1) is 0 Å². The number of hydrogen-bond acceptors (Lipinski definition) is 5. The first-order valence-corrected chi connectivity index (χ1v) is 10.9. The van der Waals surface area contributed by atoms with Crippen molar-refractivity contribution in [1.29, 1.82) is 0 Å². The first kappa shape index (κ1) is 22.4. The van der Waals surface area contributed by atoms with Crippen LogP contribution in [0.25, 0.3) is 0 Å². The molecule has 2 aromatic carbocycles. The third kappa shape index (κ3) is 6.33. The standard InChI is InChI=1S/C24H26N2O4S/c1-29-19-11-7-17(8-12-19)23(18-9-13-20(30-2)14-10-18)26-22(27)6-3-15-25-24(28)21-5-4-16-31-21/h4-5,7-14,16,23H,3,6,15H2,1-2H3,(H,25,28)(H,26,27). The molecule has 0 saturated carbocycles. The zero-order chi connectivity index (χ0) is 22.1. The molecule has 162 valence electrons. The largest absolute Gasteiger partial charge is 0.497 e. The summed E-state index contributed by atoms with van der Waals surface area (Å²) in [6.07, 6.45) is 0.869. The second kappa shape index (κ2) is 11.2. The first-order chi connectivity index (χ1) is 15.1. The summed E-state index contributed by atoms with van der Waals surface area (Å²) in [4.78, 5) is 25.3. The second-order valence-electron chi connectivity index (χ2n) is 6.88. The Bertz CT molecular complexity index is 922. The van der Waals surface area contributed by atoms with Gasteiger partial charge in [0.05, 0.1) is 25.1 Å². The van der Waals surface area contributed by atoms with Gasteiger partial charge in [0.2, 0.25) is 5.91 Å². The highest BCUT2D eigenvalue weighted by Gasteiger charge is 2.17. The lowest BCUT2D eigenvalue weighted by Crippen LogP contribution is -2.30. The summed E-state index contributed by atoms with van der Waals surface area (Å²) < 4.78 is 10.5. The molecule has 1 aromatic heterocycles. The number of hydrogen-bond donors (Lipinski definition) is 2. The molecule has 0 spiro atoms. The van der Waals surface area contributed by atoms with Crippen LogP contribution < -0.4 is 20.1 Å². The quantitative estimate of drug-likeness (QED) is 0.466. The van der Waals surface area contributed by atoms with Gasteiger partial charge in [0.1, 0.15) is 11.5 Å². The number of amides is 2. The molecule has 2 N–H and O–H groups in total. The molecular weight excluding hydrogens is 412 g/mol. The molecular formula is C24H26N2O4S. The van der Waals surface area contributed by atoms with Crippen LogP contribution in [0.1, 0.15) is 39.7 Å². The summed E-state index contributed by atoms with van der Waals surface area (Å²) in [5.41, 5.74) is 1.90. The minimum Gasteiger partial charge on any atom is -0.497 e. The fourth-order valence-electron chi connectivity index (χ4n) is 3.13. The van der Waals surface area contributed by atoms with Crippen molar-refractivity contribution in [1.82, 2.24) is 10.6 Å². The molecule has 0 aliphatic rings. The molecule has 0 aliphatic heterocycles. The lowest BCUT2D eigenvalue weighted by Gasteiger charge is -2.20. The molecule has 0 aliphatic carbocycles. The summed E-state index contributed by atoms with van der Waals surface area (Å²) in [6, 6.07) is 18.6. The molecule has 31 heavy (non-hydrogen) atoms. The van der Waals surface area contributed by atoms with Crippen molar-refractivity contribution in [2.45, 2.75) is 18.9 Å². The average molecular weight is 439 g/mol. The van der Waals surface area contributed by atoms with Crippen molar-refractivity contribution in [3.63, 3.8) is 0 Å². The SMILES string of the molecule is COc1ccc(C(NC(=O)CCCNC(=O)c2cccs2)c2ccc(OC)cc2)cc1. The van der Waals surface area contributed by atoms with Crippen molar-refractivity contribution in [3.05, 3.63) is 82.0 Å². The highest BCUT2D eigenvalue weighted by atomic mass is 32.1. The van der Waals surface area contributed by atoms with E-state index >= 15 is 0 Å². The van der Waals surface area contributed by atoms with E-state index in [0.29, 0.717) is 24.3 Å². The van der Waals surface area contributed by atoms with Crippen LogP contribution >= 0.6 is 11.3 Å². The monoisotopic (exact) mass is 438 g/mol. The van der Waals surface area contributed by atoms with Gasteiger partial charge in [-0.15, -0.1) is 11.3 Å². The molecule has 3 rings (SSSR count). The average Bonchev–Trinajstić information content (AvgIpc) is 3.36. The zero-order valence-electron chi connectivity index (χ0n) is 17.6. The van der Waals surface area contributed by atoms with Gasteiger partial charge >= 0.3 is 0 Å². The van der Waals surface area contributed by atoms with Gasteiger partial charge in [-0.1, -0.05) is 30.3 Å². The molecule has 2 amide bonds. The summed E-state index contributed by atoms with van der Waals surface area (Å²) in [5.74, 6) is 1.32. The zero-order valence-corrected chi connectivity index (χ0v) is 18.4. The Labute approximate surface area is 186 Å². The minimum absolute atomic E-state index is 0.0815. The van der Waals surface area contributed by atoms with E-state index in [1.807, 2.05) is 60.0 Å². The van der Waals surface area contributed by atoms with Crippen molar-refractivity contribution in [2.75, 3.05) is 20.8 Å². The maximum absolute atomic E-state index is 12.6. The molecule has 0 radical (unpaired) electrons. The summed E-state index contributed by atoms with van der Waals surface area (Å²) in [5, 5.41) is 7.82. The van der Waals surface area contributed by atoms with Gasteiger partial charge in [-0.2, -0.15) is 0 Å². The Kier molecular flexibility index (Phi) is 8.06. The maximum atomic E-state index is 12.6. The smallest absolute Gasteiger partial charge is 0.261 e. The number of carbonyl (C=O) groups is 2.